The smallest absolute Gasteiger partial charge is 0.320 e. The summed E-state index contributed by atoms with van der Waals surface area (Å²) in [6.45, 7) is 2.45. The van der Waals surface area contributed by atoms with Crippen LogP contribution in [0.25, 0.3) is 6.08 Å². The number of piperidine rings is 1. The van der Waals surface area contributed by atoms with Gasteiger partial charge in [0.25, 0.3) is 0 Å². The van der Waals surface area contributed by atoms with Gasteiger partial charge in [-0.1, -0.05) is 42.0 Å². The molecule has 41 heavy (non-hydrogen) atoms. The molecule has 0 spiro atoms. The molecule has 0 amide bonds. The Morgan fingerprint density at radius 2 is 1.90 bits per heavy atom. The number of carboxylic acids is 1. The molecule has 216 valence electrons. The molecule has 0 atom stereocenters. The number of carboxylic acid groups (broad SMARTS) is 1. The summed E-state index contributed by atoms with van der Waals surface area (Å²) in [6.07, 6.45) is 8.45. The summed E-state index contributed by atoms with van der Waals surface area (Å²) < 4.78 is 33.1. The Morgan fingerprint density at radius 3 is 2.56 bits per heavy atom. The number of nitrogens with two attached hydrogens (primary N) is 1. The summed E-state index contributed by atoms with van der Waals surface area (Å²) in [5.74, 6) is -2.18. The molecule has 12 heteroatoms. The van der Waals surface area contributed by atoms with Crippen molar-refractivity contribution in [2.45, 2.75) is 25.5 Å². The lowest BCUT2D eigenvalue weighted by molar-refractivity contribution is -0.134. The lowest BCUT2D eigenvalue weighted by Crippen LogP contribution is -2.37. The average Bonchev–Trinajstić information content (AvgIpc) is 2.93. The van der Waals surface area contributed by atoms with Crippen molar-refractivity contribution < 1.29 is 23.1 Å². The van der Waals surface area contributed by atoms with E-state index < -0.39 is 21.7 Å². The normalized spacial score (nSPS) is 14.7. The standard InChI is InChI=1S/C29H32ClN5O5S/c30-26-18-24(6-7-27(26)40-25-10-15-34(16-11-25)19-22-8-12-33-13-9-22)35(41(38,39)20-28(36)37)14-2-4-21-3-1-5-23(17-21)29(31)32/h1-9,12-13,17-18,25H,10-11,14-16,19-20H2,(H3,31,32)(H,36,37)/b4-2+. The first-order valence-corrected chi connectivity index (χ1v) is 15.0. The second-order valence-corrected chi connectivity index (χ2v) is 12.0. The minimum Gasteiger partial charge on any atom is -0.489 e. The molecule has 1 aliphatic heterocycles. The summed E-state index contributed by atoms with van der Waals surface area (Å²) in [4.78, 5) is 17.7. The quantitative estimate of drug-likeness (QED) is 0.209. The fraction of sp³-hybridized carbons (Fsp3) is 0.276. The molecule has 4 N–H and O–H groups in total. The number of pyridine rings is 1. The minimum absolute atomic E-state index is 0.0346. The molecule has 4 rings (SSSR count). The van der Waals surface area contributed by atoms with Crippen LogP contribution in [0, 0.1) is 5.41 Å². The third-order valence-corrected chi connectivity index (χ3v) is 8.55. The lowest BCUT2D eigenvalue weighted by Gasteiger charge is -2.32. The molecule has 1 aliphatic rings. The van der Waals surface area contributed by atoms with E-state index in [1.807, 2.05) is 12.1 Å². The number of aromatic nitrogens is 1. The number of rotatable bonds is 12. The summed E-state index contributed by atoms with van der Waals surface area (Å²) in [7, 11) is -4.22. The molecular weight excluding hydrogens is 566 g/mol. The van der Waals surface area contributed by atoms with E-state index in [2.05, 4.69) is 9.88 Å². The van der Waals surface area contributed by atoms with Gasteiger partial charge in [0, 0.05) is 37.6 Å². The number of sulfonamides is 1. The number of halogens is 1. The van der Waals surface area contributed by atoms with Crippen molar-refractivity contribution >= 4 is 45.2 Å². The van der Waals surface area contributed by atoms with Crippen LogP contribution in [0.4, 0.5) is 5.69 Å². The number of hydrogen-bond acceptors (Lipinski definition) is 7. The van der Waals surface area contributed by atoms with Gasteiger partial charge in [-0.2, -0.15) is 0 Å². The highest BCUT2D eigenvalue weighted by molar-refractivity contribution is 7.93. The highest BCUT2D eigenvalue weighted by Crippen LogP contribution is 2.33. The number of nitrogens with zero attached hydrogens (tertiary/aromatic N) is 3. The zero-order valence-electron chi connectivity index (χ0n) is 22.3. The van der Waals surface area contributed by atoms with Crippen molar-refractivity contribution in [1.82, 2.24) is 9.88 Å². The number of anilines is 1. The molecule has 0 unspecified atom stereocenters. The van der Waals surface area contributed by atoms with E-state index >= 15 is 0 Å². The first-order valence-electron chi connectivity index (χ1n) is 13.0. The maximum Gasteiger partial charge on any atom is 0.320 e. The molecule has 2 aromatic carbocycles. The third kappa shape index (κ3) is 8.53. The van der Waals surface area contributed by atoms with Gasteiger partial charge < -0.3 is 15.6 Å². The predicted octanol–water partition coefficient (Wildman–Crippen LogP) is 4.00. The number of aliphatic carboxylic acids is 1. The summed E-state index contributed by atoms with van der Waals surface area (Å²) in [5, 5.41) is 17.0. The number of nitrogen functional groups attached to an aromatic ring is 1. The van der Waals surface area contributed by atoms with Gasteiger partial charge in [0.2, 0.25) is 10.0 Å². The largest absolute Gasteiger partial charge is 0.489 e. The number of nitrogens with one attached hydrogen (secondary N) is 1. The predicted molar refractivity (Wildman–Crippen MR) is 160 cm³/mol. The molecule has 0 aliphatic carbocycles. The van der Waals surface area contributed by atoms with Gasteiger partial charge in [0.05, 0.1) is 17.3 Å². The fourth-order valence-corrected chi connectivity index (χ4v) is 5.99. The number of amidine groups is 1. The van der Waals surface area contributed by atoms with Crippen LogP contribution < -0.4 is 14.8 Å². The van der Waals surface area contributed by atoms with Crippen LogP contribution >= 0.6 is 11.6 Å². The Bertz CT molecular complexity index is 1510. The van der Waals surface area contributed by atoms with Crippen molar-refractivity contribution in [1.29, 1.82) is 5.41 Å². The van der Waals surface area contributed by atoms with Crippen LogP contribution in [-0.4, -0.2) is 66.7 Å². The topological polar surface area (TPSA) is 150 Å². The van der Waals surface area contributed by atoms with E-state index in [9.17, 15) is 18.3 Å². The van der Waals surface area contributed by atoms with Gasteiger partial charge in [-0.05, 0) is 60.4 Å². The lowest BCUT2D eigenvalue weighted by atomic mass is 10.1. The second kappa shape index (κ2) is 13.6. The summed E-state index contributed by atoms with van der Waals surface area (Å²) >= 11 is 6.53. The SMILES string of the molecule is N=C(N)c1cccc(/C=C/CN(c2ccc(OC3CCN(Cc4ccncc4)CC3)c(Cl)c2)S(=O)(=O)CC(=O)O)c1. The van der Waals surface area contributed by atoms with Gasteiger partial charge in [-0.3, -0.25) is 24.4 Å². The molecule has 0 radical (unpaired) electrons. The highest BCUT2D eigenvalue weighted by atomic mass is 35.5. The highest BCUT2D eigenvalue weighted by Gasteiger charge is 2.26. The Hall–Kier alpha value is -3.93. The van der Waals surface area contributed by atoms with Crippen LogP contribution in [0.1, 0.15) is 29.5 Å². The monoisotopic (exact) mass is 597 g/mol. The molecule has 3 aromatic rings. The molecule has 10 nitrogen and oxygen atoms in total. The number of likely N-dealkylation sites (tertiary alicyclic amines) is 1. The van der Waals surface area contributed by atoms with Gasteiger partial charge in [0.1, 0.15) is 17.7 Å². The molecule has 1 saturated heterocycles. The van der Waals surface area contributed by atoms with Gasteiger partial charge in [-0.25, -0.2) is 8.42 Å². The molecule has 0 bridgehead atoms. The number of benzene rings is 2. The Balaban J connectivity index is 1.44. The maximum atomic E-state index is 13.0. The molecule has 2 heterocycles. The van der Waals surface area contributed by atoms with E-state index in [1.54, 1.807) is 60.9 Å². The van der Waals surface area contributed by atoms with E-state index in [-0.39, 0.29) is 29.2 Å². The molecular formula is C29H32ClN5O5S. The van der Waals surface area contributed by atoms with Crippen molar-refractivity contribution in [2.24, 2.45) is 5.73 Å². The van der Waals surface area contributed by atoms with Crippen LogP contribution in [0.5, 0.6) is 5.75 Å². The van der Waals surface area contributed by atoms with E-state index in [4.69, 9.17) is 27.5 Å². The van der Waals surface area contributed by atoms with Crippen molar-refractivity contribution in [3.8, 4) is 5.75 Å². The van der Waals surface area contributed by atoms with Crippen LogP contribution in [0.2, 0.25) is 5.02 Å². The van der Waals surface area contributed by atoms with Crippen molar-refractivity contribution in [3.63, 3.8) is 0 Å². The average molecular weight is 598 g/mol. The Morgan fingerprint density at radius 1 is 1.17 bits per heavy atom. The Labute approximate surface area is 244 Å². The number of ether oxygens (including phenoxy) is 1. The van der Waals surface area contributed by atoms with E-state index in [0.717, 1.165) is 36.8 Å². The first kappa shape index (κ1) is 30.0. The number of carbonyl (C=O) groups is 1. The maximum absolute atomic E-state index is 13.0. The van der Waals surface area contributed by atoms with Crippen LogP contribution in [-0.2, 0) is 21.4 Å². The van der Waals surface area contributed by atoms with Gasteiger partial charge in [-0.15, -0.1) is 0 Å². The van der Waals surface area contributed by atoms with Crippen molar-refractivity contribution in [2.75, 3.05) is 29.7 Å². The van der Waals surface area contributed by atoms with Gasteiger partial charge in [0.15, 0.2) is 5.75 Å². The van der Waals surface area contributed by atoms with Crippen LogP contribution in [0.15, 0.2) is 73.1 Å². The molecule has 0 saturated carbocycles. The van der Waals surface area contributed by atoms with E-state index in [0.29, 0.717) is 16.9 Å². The van der Waals surface area contributed by atoms with Gasteiger partial charge >= 0.3 is 5.97 Å². The third-order valence-electron chi connectivity index (χ3n) is 6.61. The number of hydrogen-bond donors (Lipinski definition) is 3. The molecule has 1 fully saturated rings. The van der Waals surface area contributed by atoms with Crippen LogP contribution in [0.3, 0.4) is 0 Å². The molecule has 1 aromatic heterocycles. The zero-order valence-corrected chi connectivity index (χ0v) is 23.9. The first-order chi connectivity index (χ1) is 19.6. The minimum atomic E-state index is -4.22. The zero-order chi connectivity index (χ0) is 29.4. The second-order valence-electron chi connectivity index (χ2n) is 9.69. The fourth-order valence-electron chi connectivity index (χ4n) is 4.56. The van der Waals surface area contributed by atoms with Crippen molar-refractivity contribution in [3.05, 3.63) is 94.8 Å². The summed E-state index contributed by atoms with van der Waals surface area (Å²) in [6, 6.07) is 15.6. The van der Waals surface area contributed by atoms with E-state index in [1.165, 1.54) is 11.6 Å². The summed E-state index contributed by atoms with van der Waals surface area (Å²) in [5.41, 5.74) is 8.22. The Kier molecular flexibility index (Phi) is 9.98.